The topological polar surface area (TPSA) is 65.4 Å². The molecule has 1 aromatic heterocycles. The summed E-state index contributed by atoms with van der Waals surface area (Å²) in [5.41, 5.74) is 2.73. The minimum atomic E-state index is -0.131. The molecule has 0 saturated carbocycles. The summed E-state index contributed by atoms with van der Waals surface area (Å²) in [5.74, 6) is 1.02. The van der Waals surface area contributed by atoms with E-state index in [1.807, 2.05) is 41.2 Å². The largest absolute Gasteiger partial charge is 0.493 e. The zero-order valence-corrected chi connectivity index (χ0v) is 17.3. The summed E-state index contributed by atoms with van der Waals surface area (Å²) in [6.45, 7) is 0.546. The molecule has 0 aliphatic carbocycles. The highest BCUT2D eigenvalue weighted by atomic mass is 127. The molecule has 0 fully saturated rings. The van der Waals surface area contributed by atoms with E-state index in [-0.39, 0.29) is 5.91 Å². The van der Waals surface area contributed by atoms with Crippen LogP contribution in [0, 0.1) is 3.57 Å². The van der Waals surface area contributed by atoms with Gasteiger partial charge in [-0.15, -0.1) is 0 Å². The fourth-order valence-corrected chi connectivity index (χ4v) is 3.36. The van der Waals surface area contributed by atoms with E-state index >= 15 is 0 Å². The van der Waals surface area contributed by atoms with Crippen molar-refractivity contribution in [1.29, 1.82) is 0 Å². The van der Waals surface area contributed by atoms with Crippen molar-refractivity contribution in [3.8, 4) is 17.2 Å². The van der Waals surface area contributed by atoms with Gasteiger partial charge in [0.05, 0.1) is 25.5 Å². The number of nitrogens with one attached hydrogen (secondary N) is 1. The van der Waals surface area contributed by atoms with Crippen LogP contribution in [-0.2, 0) is 6.42 Å². The Hall–Kier alpha value is -2.55. The van der Waals surface area contributed by atoms with Crippen LogP contribution in [0.3, 0.4) is 0 Å². The Labute approximate surface area is 171 Å². The van der Waals surface area contributed by atoms with Gasteiger partial charge in [0.15, 0.2) is 11.5 Å². The van der Waals surface area contributed by atoms with Gasteiger partial charge in [0.1, 0.15) is 0 Å². The highest BCUT2D eigenvalue weighted by Crippen LogP contribution is 2.31. The number of carbonyl (C=O) groups is 1. The lowest BCUT2D eigenvalue weighted by molar-refractivity contribution is 0.0953. The third kappa shape index (κ3) is 4.60. The lowest BCUT2D eigenvalue weighted by Gasteiger charge is -2.12. The number of hydrogen-bond donors (Lipinski definition) is 1. The molecule has 0 atom stereocenters. The van der Waals surface area contributed by atoms with Crippen molar-refractivity contribution in [2.45, 2.75) is 6.42 Å². The second-order valence-corrected chi connectivity index (χ2v) is 6.97. The molecule has 140 valence electrons. The van der Waals surface area contributed by atoms with Gasteiger partial charge in [-0.25, -0.2) is 4.68 Å². The van der Waals surface area contributed by atoms with Gasteiger partial charge in [-0.1, -0.05) is 12.1 Å². The molecule has 3 aromatic rings. The van der Waals surface area contributed by atoms with Crippen LogP contribution in [-0.4, -0.2) is 36.5 Å². The van der Waals surface area contributed by atoms with Crippen molar-refractivity contribution >= 4 is 28.5 Å². The number of amides is 1. The predicted octanol–water partition coefficient (Wildman–Crippen LogP) is 3.47. The maximum atomic E-state index is 12.5. The van der Waals surface area contributed by atoms with Gasteiger partial charge in [0, 0.05) is 22.5 Å². The lowest BCUT2D eigenvalue weighted by Crippen LogP contribution is -2.26. The number of nitrogens with zero attached hydrogens (tertiary/aromatic N) is 2. The highest BCUT2D eigenvalue weighted by Gasteiger charge is 2.15. The Kier molecular flexibility index (Phi) is 6.33. The molecule has 2 aromatic carbocycles. The monoisotopic (exact) mass is 477 g/mol. The smallest absolute Gasteiger partial charge is 0.252 e. The van der Waals surface area contributed by atoms with Crippen molar-refractivity contribution in [3.05, 3.63) is 69.6 Å². The number of ether oxygens (including phenoxy) is 2. The second kappa shape index (κ2) is 8.90. The molecule has 0 spiro atoms. The summed E-state index contributed by atoms with van der Waals surface area (Å²) in [7, 11) is 3.13. The zero-order valence-electron chi connectivity index (χ0n) is 15.1. The number of carbonyl (C=O) groups excluding carboxylic acids is 1. The van der Waals surface area contributed by atoms with E-state index in [4.69, 9.17) is 9.47 Å². The summed E-state index contributed by atoms with van der Waals surface area (Å²) in [4.78, 5) is 12.5. The Balaban J connectivity index is 1.60. The molecule has 0 unspecified atom stereocenters. The third-order valence-electron chi connectivity index (χ3n) is 4.12. The fourth-order valence-electron chi connectivity index (χ4n) is 2.68. The molecule has 0 saturated heterocycles. The van der Waals surface area contributed by atoms with E-state index in [1.165, 1.54) is 0 Å². The summed E-state index contributed by atoms with van der Waals surface area (Å²) >= 11 is 2.12. The number of hydrogen-bond acceptors (Lipinski definition) is 4. The van der Waals surface area contributed by atoms with Crippen LogP contribution in [0.25, 0.3) is 5.69 Å². The predicted molar refractivity (Wildman–Crippen MR) is 112 cm³/mol. The lowest BCUT2D eigenvalue weighted by atomic mass is 10.1. The van der Waals surface area contributed by atoms with E-state index in [2.05, 4.69) is 33.0 Å². The first-order valence-electron chi connectivity index (χ1n) is 8.41. The van der Waals surface area contributed by atoms with Gasteiger partial charge in [-0.3, -0.25) is 4.79 Å². The zero-order chi connectivity index (χ0) is 19.2. The summed E-state index contributed by atoms with van der Waals surface area (Å²) < 4.78 is 13.2. The van der Waals surface area contributed by atoms with Crippen LogP contribution < -0.4 is 14.8 Å². The quantitative estimate of drug-likeness (QED) is 0.530. The number of rotatable bonds is 7. The van der Waals surface area contributed by atoms with Crippen molar-refractivity contribution < 1.29 is 14.3 Å². The van der Waals surface area contributed by atoms with Gasteiger partial charge >= 0.3 is 0 Å². The highest BCUT2D eigenvalue weighted by molar-refractivity contribution is 14.1. The fraction of sp³-hybridized carbons (Fsp3) is 0.200. The molecule has 3 rings (SSSR count). The van der Waals surface area contributed by atoms with Gasteiger partial charge in [0.25, 0.3) is 5.91 Å². The Morgan fingerprint density at radius 1 is 1.15 bits per heavy atom. The molecule has 0 bridgehead atoms. The minimum absolute atomic E-state index is 0.131. The first-order valence-corrected chi connectivity index (χ1v) is 9.49. The van der Waals surface area contributed by atoms with Crippen LogP contribution in [0.2, 0.25) is 0 Å². The van der Waals surface area contributed by atoms with E-state index in [1.54, 1.807) is 32.5 Å². The van der Waals surface area contributed by atoms with Crippen LogP contribution in [0.4, 0.5) is 0 Å². The SMILES string of the molecule is COc1cc(I)c(C(=O)NCCc2ccc(-n3cccn3)cc2)cc1OC. The first-order chi connectivity index (χ1) is 13.1. The Morgan fingerprint density at radius 2 is 1.85 bits per heavy atom. The molecule has 0 aliphatic rings. The average Bonchev–Trinajstić information content (AvgIpc) is 3.23. The van der Waals surface area contributed by atoms with Crippen LogP contribution in [0.15, 0.2) is 54.9 Å². The van der Waals surface area contributed by atoms with E-state index in [0.717, 1.165) is 21.2 Å². The van der Waals surface area contributed by atoms with Crippen molar-refractivity contribution in [2.75, 3.05) is 20.8 Å². The van der Waals surface area contributed by atoms with E-state index in [9.17, 15) is 4.79 Å². The molecular weight excluding hydrogens is 457 g/mol. The summed E-state index contributed by atoms with van der Waals surface area (Å²) in [6, 6.07) is 13.5. The van der Waals surface area contributed by atoms with Gasteiger partial charge in [0.2, 0.25) is 0 Å². The summed E-state index contributed by atoms with van der Waals surface area (Å²) in [6.07, 6.45) is 4.40. The molecule has 7 heteroatoms. The minimum Gasteiger partial charge on any atom is -0.493 e. The van der Waals surface area contributed by atoms with Gasteiger partial charge in [-0.2, -0.15) is 5.10 Å². The molecule has 0 aliphatic heterocycles. The molecule has 1 heterocycles. The van der Waals surface area contributed by atoms with E-state index in [0.29, 0.717) is 23.6 Å². The van der Waals surface area contributed by atoms with Crippen LogP contribution in [0.5, 0.6) is 11.5 Å². The standard InChI is InChI=1S/C20H20IN3O3/c1-26-18-12-16(17(21)13-19(18)27-2)20(25)22-10-8-14-4-6-15(7-5-14)24-11-3-9-23-24/h3-7,9,11-13H,8,10H2,1-2H3,(H,22,25). The number of halogens is 1. The normalized spacial score (nSPS) is 10.5. The summed E-state index contributed by atoms with van der Waals surface area (Å²) in [5, 5.41) is 7.17. The van der Waals surface area contributed by atoms with Crippen molar-refractivity contribution in [2.24, 2.45) is 0 Å². The van der Waals surface area contributed by atoms with Gasteiger partial charge < -0.3 is 14.8 Å². The number of methoxy groups -OCH3 is 2. The Morgan fingerprint density at radius 3 is 2.48 bits per heavy atom. The Bertz CT molecular complexity index is 909. The number of benzene rings is 2. The van der Waals surface area contributed by atoms with Gasteiger partial charge in [-0.05, 0) is 64.9 Å². The molecule has 1 N–H and O–H groups in total. The molecular formula is C20H20IN3O3. The maximum absolute atomic E-state index is 12.5. The number of aromatic nitrogens is 2. The van der Waals surface area contributed by atoms with Crippen molar-refractivity contribution in [3.63, 3.8) is 0 Å². The molecule has 1 amide bonds. The second-order valence-electron chi connectivity index (χ2n) is 5.81. The average molecular weight is 477 g/mol. The third-order valence-corrected chi connectivity index (χ3v) is 5.01. The van der Waals surface area contributed by atoms with Crippen LogP contribution >= 0.6 is 22.6 Å². The molecule has 0 radical (unpaired) electrons. The maximum Gasteiger partial charge on any atom is 0.252 e. The van der Waals surface area contributed by atoms with E-state index < -0.39 is 0 Å². The first kappa shape index (κ1) is 19.2. The molecule has 6 nitrogen and oxygen atoms in total. The molecule has 27 heavy (non-hydrogen) atoms. The van der Waals surface area contributed by atoms with Crippen molar-refractivity contribution in [1.82, 2.24) is 15.1 Å². The van der Waals surface area contributed by atoms with Crippen LogP contribution in [0.1, 0.15) is 15.9 Å².